The third kappa shape index (κ3) is 3.03. The second kappa shape index (κ2) is 5.94. The van der Waals surface area contributed by atoms with Crippen molar-refractivity contribution in [3.8, 4) is 11.5 Å². The number of pyridine rings is 1. The zero-order valence-corrected chi connectivity index (χ0v) is 12.3. The van der Waals surface area contributed by atoms with E-state index in [0.717, 1.165) is 34.5 Å². The fourth-order valence-corrected chi connectivity index (χ4v) is 2.37. The zero-order valence-electron chi connectivity index (χ0n) is 12.3. The molecule has 2 aromatic carbocycles. The Labute approximate surface area is 124 Å². The van der Waals surface area contributed by atoms with Crippen LogP contribution in [0.15, 0.2) is 54.7 Å². The second-order valence-corrected chi connectivity index (χ2v) is 5.10. The van der Waals surface area contributed by atoms with Crippen molar-refractivity contribution in [3.63, 3.8) is 0 Å². The quantitative estimate of drug-likeness (QED) is 0.781. The van der Waals surface area contributed by atoms with Gasteiger partial charge in [0.25, 0.3) is 0 Å². The molecule has 0 unspecified atom stereocenters. The van der Waals surface area contributed by atoms with Crippen LogP contribution in [0.5, 0.6) is 11.5 Å². The van der Waals surface area contributed by atoms with Crippen LogP contribution in [0.2, 0.25) is 0 Å². The molecule has 0 saturated heterocycles. The topological polar surface area (TPSA) is 34.1 Å². The second-order valence-electron chi connectivity index (χ2n) is 5.10. The first-order valence-corrected chi connectivity index (χ1v) is 7.03. The number of rotatable bonds is 4. The Morgan fingerprint density at radius 1 is 1.10 bits per heavy atom. The monoisotopic (exact) mass is 278 g/mol. The number of aryl methyl sites for hydroxylation is 1. The van der Waals surface area contributed by atoms with E-state index in [4.69, 9.17) is 4.74 Å². The molecule has 21 heavy (non-hydrogen) atoms. The molecule has 0 aliphatic rings. The van der Waals surface area contributed by atoms with Gasteiger partial charge in [-0.15, -0.1) is 0 Å². The number of benzene rings is 2. The highest BCUT2D eigenvalue weighted by Gasteiger charge is 2.06. The highest BCUT2D eigenvalue weighted by Crippen LogP contribution is 2.28. The van der Waals surface area contributed by atoms with Crippen LogP contribution >= 0.6 is 0 Å². The summed E-state index contributed by atoms with van der Waals surface area (Å²) in [6.45, 7) is 2.87. The molecule has 0 saturated carbocycles. The first-order valence-electron chi connectivity index (χ1n) is 7.03. The Bertz CT molecular complexity index is 768. The van der Waals surface area contributed by atoms with Crippen LogP contribution < -0.4 is 10.1 Å². The largest absolute Gasteiger partial charge is 0.457 e. The molecule has 0 atom stereocenters. The molecule has 3 nitrogen and oxygen atoms in total. The lowest BCUT2D eigenvalue weighted by Gasteiger charge is -2.12. The van der Waals surface area contributed by atoms with Gasteiger partial charge in [0.05, 0.1) is 5.52 Å². The van der Waals surface area contributed by atoms with Gasteiger partial charge in [0, 0.05) is 29.8 Å². The van der Waals surface area contributed by atoms with Crippen LogP contribution in [0.1, 0.15) is 11.1 Å². The maximum absolute atomic E-state index is 6.05. The van der Waals surface area contributed by atoms with E-state index in [1.807, 2.05) is 43.4 Å². The van der Waals surface area contributed by atoms with Gasteiger partial charge in [0.15, 0.2) is 0 Å². The average Bonchev–Trinajstić information content (AvgIpc) is 2.50. The van der Waals surface area contributed by atoms with E-state index in [1.54, 1.807) is 6.20 Å². The minimum Gasteiger partial charge on any atom is -0.457 e. The van der Waals surface area contributed by atoms with Crippen LogP contribution in [0.4, 0.5) is 0 Å². The van der Waals surface area contributed by atoms with Crippen molar-refractivity contribution < 1.29 is 4.74 Å². The van der Waals surface area contributed by atoms with Gasteiger partial charge in [0.1, 0.15) is 11.5 Å². The Kier molecular flexibility index (Phi) is 3.84. The maximum atomic E-state index is 6.05. The summed E-state index contributed by atoms with van der Waals surface area (Å²) < 4.78 is 6.05. The van der Waals surface area contributed by atoms with Gasteiger partial charge in [-0.1, -0.05) is 23.8 Å². The van der Waals surface area contributed by atoms with Gasteiger partial charge >= 0.3 is 0 Å². The molecule has 1 heterocycles. The first kappa shape index (κ1) is 13.6. The van der Waals surface area contributed by atoms with Crippen molar-refractivity contribution in [2.75, 3.05) is 7.05 Å². The van der Waals surface area contributed by atoms with Crippen molar-refractivity contribution in [1.82, 2.24) is 10.3 Å². The van der Waals surface area contributed by atoms with Crippen molar-refractivity contribution >= 4 is 10.9 Å². The SMILES string of the molecule is CNCc1cc(C)ccc1Oc1ccc2cccnc2c1. The highest BCUT2D eigenvalue weighted by molar-refractivity contribution is 5.79. The normalized spacial score (nSPS) is 10.8. The molecular formula is C18H18N2O. The van der Waals surface area contributed by atoms with Gasteiger partial charge in [-0.25, -0.2) is 0 Å². The number of nitrogens with one attached hydrogen (secondary N) is 1. The fraction of sp³-hybridized carbons (Fsp3) is 0.167. The number of aromatic nitrogens is 1. The van der Waals surface area contributed by atoms with E-state index in [0.29, 0.717) is 0 Å². The molecule has 3 aromatic rings. The first-order chi connectivity index (χ1) is 10.3. The predicted octanol–water partition coefficient (Wildman–Crippen LogP) is 4.05. The lowest BCUT2D eigenvalue weighted by Crippen LogP contribution is -2.06. The minimum atomic E-state index is 0.781. The summed E-state index contributed by atoms with van der Waals surface area (Å²) in [6.07, 6.45) is 1.80. The number of fused-ring (bicyclic) bond motifs is 1. The average molecular weight is 278 g/mol. The van der Waals surface area contributed by atoms with E-state index in [-0.39, 0.29) is 0 Å². The molecule has 0 aliphatic carbocycles. The molecule has 0 fully saturated rings. The summed E-state index contributed by atoms with van der Waals surface area (Å²) in [5, 5.41) is 4.29. The van der Waals surface area contributed by atoms with Crippen molar-refractivity contribution in [3.05, 3.63) is 65.9 Å². The summed E-state index contributed by atoms with van der Waals surface area (Å²) in [4.78, 5) is 4.36. The fourth-order valence-electron chi connectivity index (χ4n) is 2.37. The summed E-state index contributed by atoms with van der Waals surface area (Å²) in [7, 11) is 1.94. The molecule has 1 aromatic heterocycles. The smallest absolute Gasteiger partial charge is 0.131 e. The third-order valence-corrected chi connectivity index (χ3v) is 3.39. The molecule has 106 valence electrons. The van der Waals surface area contributed by atoms with Gasteiger partial charge in [-0.2, -0.15) is 0 Å². The Morgan fingerprint density at radius 3 is 2.86 bits per heavy atom. The maximum Gasteiger partial charge on any atom is 0.131 e. The van der Waals surface area contributed by atoms with Gasteiger partial charge in [-0.05, 0) is 38.2 Å². The molecule has 0 aliphatic heterocycles. The Morgan fingerprint density at radius 2 is 2.00 bits per heavy atom. The third-order valence-electron chi connectivity index (χ3n) is 3.39. The Hall–Kier alpha value is -2.39. The Balaban J connectivity index is 1.94. The van der Waals surface area contributed by atoms with Crippen molar-refractivity contribution in [1.29, 1.82) is 0 Å². The lowest BCUT2D eigenvalue weighted by molar-refractivity contribution is 0.474. The van der Waals surface area contributed by atoms with E-state index in [2.05, 4.69) is 29.4 Å². The highest BCUT2D eigenvalue weighted by atomic mass is 16.5. The summed E-state index contributed by atoms with van der Waals surface area (Å²) >= 11 is 0. The summed E-state index contributed by atoms with van der Waals surface area (Å²) in [5.41, 5.74) is 3.32. The number of hydrogen-bond donors (Lipinski definition) is 1. The molecule has 1 N–H and O–H groups in total. The molecule has 3 heteroatoms. The standard InChI is InChI=1S/C18H18N2O/c1-13-5-8-18(15(10-13)12-19-2)21-16-7-6-14-4-3-9-20-17(14)11-16/h3-11,19H,12H2,1-2H3. The minimum absolute atomic E-state index is 0.781. The number of nitrogens with zero attached hydrogens (tertiary/aromatic N) is 1. The van der Waals surface area contributed by atoms with Crippen LogP contribution in [0, 0.1) is 6.92 Å². The van der Waals surface area contributed by atoms with Crippen LogP contribution in [-0.4, -0.2) is 12.0 Å². The summed E-state index contributed by atoms with van der Waals surface area (Å²) in [5.74, 6) is 1.69. The molecule has 0 radical (unpaired) electrons. The number of ether oxygens (including phenoxy) is 1. The van der Waals surface area contributed by atoms with E-state index in [9.17, 15) is 0 Å². The lowest BCUT2D eigenvalue weighted by atomic mass is 10.1. The van der Waals surface area contributed by atoms with E-state index >= 15 is 0 Å². The van der Waals surface area contributed by atoms with Crippen LogP contribution in [-0.2, 0) is 6.54 Å². The van der Waals surface area contributed by atoms with Crippen molar-refractivity contribution in [2.24, 2.45) is 0 Å². The van der Waals surface area contributed by atoms with E-state index < -0.39 is 0 Å². The summed E-state index contributed by atoms with van der Waals surface area (Å²) in [6, 6.07) is 16.2. The van der Waals surface area contributed by atoms with Crippen molar-refractivity contribution in [2.45, 2.75) is 13.5 Å². The van der Waals surface area contributed by atoms with Gasteiger partial charge in [0.2, 0.25) is 0 Å². The molecule has 0 amide bonds. The molecule has 0 spiro atoms. The van der Waals surface area contributed by atoms with Crippen LogP contribution in [0.3, 0.4) is 0 Å². The molecule has 3 rings (SSSR count). The molecule has 0 bridgehead atoms. The number of hydrogen-bond acceptors (Lipinski definition) is 3. The zero-order chi connectivity index (χ0) is 14.7. The van der Waals surface area contributed by atoms with Gasteiger partial charge < -0.3 is 10.1 Å². The predicted molar refractivity (Wildman–Crippen MR) is 85.8 cm³/mol. The van der Waals surface area contributed by atoms with Gasteiger partial charge in [-0.3, -0.25) is 4.98 Å². The molecular weight excluding hydrogens is 260 g/mol. The van der Waals surface area contributed by atoms with E-state index in [1.165, 1.54) is 5.56 Å². The van der Waals surface area contributed by atoms with Crippen LogP contribution in [0.25, 0.3) is 10.9 Å².